The molecule has 0 spiro atoms. The molecular weight excluding hydrogens is 254 g/mol. The van der Waals surface area contributed by atoms with E-state index in [9.17, 15) is 0 Å². The van der Waals surface area contributed by atoms with Crippen LogP contribution in [0, 0.1) is 5.92 Å². The second-order valence-corrected chi connectivity index (χ2v) is 6.06. The van der Waals surface area contributed by atoms with Gasteiger partial charge in [-0.1, -0.05) is 32.0 Å². The Balaban J connectivity index is 1.75. The zero-order chi connectivity index (χ0) is 13.5. The average molecular weight is 275 g/mol. The van der Waals surface area contributed by atoms with E-state index in [1.807, 2.05) is 12.1 Å². The Labute approximate surface area is 119 Å². The SMILES string of the molecule is CC(C)COc1ccc(CNCc2cccs2)cc1. The minimum atomic E-state index is 0.562. The first kappa shape index (κ1) is 14.1. The summed E-state index contributed by atoms with van der Waals surface area (Å²) in [6.45, 7) is 6.91. The number of nitrogens with one attached hydrogen (secondary N) is 1. The van der Waals surface area contributed by atoms with E-state index in [0.29, 0.717) is 5.92 Å². The molecular formula is C16H21NOS. The van der Waals surface area contributed by atoms with Gasteiger partial charge in [-0.2, -0.15) is 0 Å². The van der Waals surface area contributed by atoms with E-state index in [-0.39, 0.29) is 0 Å². The topological polar surface area (TPSA) is 21.3 Å². The molecule has 2 rings (SSSR count). The van der Waals surface area contributed by atoms with Crippen molar-refractivity contribution in [1.82, 2.24) is 5.32 Å². The van der Waals surface area contributed by atoms with Gasteiger partial charge in [0, 0.05) is 18.0 Å². The third-order valence-electron chi connectivity index (χ3n) is 2.72. The minimum Gasteiger partial charge on any atom is -0.493 e. The molecule has 0 aliphatic rings. The van der Waals surface area contributed by atoms with Crippen LogP contribution in [-0.2, 0) is 13.1 Å². The molecule has 0 atom stereocenters. The van der Waals surface area contributed by atoms with E-state index in [1.165, 1.54) is 10.4 Å². The molecule has 2 nitrogen and oxygen atoms in total. The first-order valence-electron chi connectivity index (χ1n) is 6.69. The van der Waals surface area contributed by atoms with Gasteiger partial charge in [-0.3, -0.25) is 0 Å². The molecule has 0 aliphatic carbocycles. The van der Waals surface area contributed by atoms with Crippen molar-refractivity contribution < 1.29 is 4.74 Å². The van der Waals surface area contributed by atoms with Crippen molar-refractivity contribution >= 4 is 11.3 Å². The van der Waals surface area contributed by atoms with Crippen molar-refractivity contribution in [3.63, 3.8) is 0 Å². The number of thiophene rings is 1. The zero-order valence-electron chi connectivity index (χ0n) is 11.6. The standard InChI is InChI=1S/C16H21NOS/c1-13(2)12-18-15-7-5-14(6-8-15)10-17-11-16-4-3-9-19-16/h3-9,13,17H,10-12H2,1-2H3. The van der Waals surface area contributed by atoms with Crippen LogP contribution in [0.2, 0.25) is 0 Å². The second kappa shape index (κ2) is 7.31. The smallest absolute Gasteiger partial charge is 0.119 e. The average Bonchev–Trinajstić information content (AvgIpc) is 2.91. The molecule has 0 amide bonds. The maximum atomic E-state index is 5.67. The number of hydrogen-bond donors (Lipinski definition) is 1. The van der Waals surface area contributed by atoms with Crippen LogP contribution in [0.1, 0.15) is 24.3 Å². The van der Waals surface area contributed by atoms with Crippen LogP contribution in [0.15, 0.2) is 41.8 Å². The summed E-state index contributed by atoms with van der Waals surface area (Å²) in [5.74, 6) is 1.52. The van der Waals surface area contributed by atoms with E-state index in [0.717, 1.165) is 25.4 Å². The van der Waals surface area contributed by atoms with Gasteiger partial charge in [0.05, 0.1) is 6.61 Å². The van der Waals surface area contributed by atoms with E-state index >= 15 is 0 Å². The molecule has 0 aliphatic heterocycles. The fourth-order valence-corrected chi connectivity index (χ4v) is 2.38. The minimum absolute atomic E-state index is 0.562. The monoisotopic (exact) mass is 275 g/mol. The highest BCUT2D eigenvalue weighted by atomic mass is 32.1. The normalized spacial score (nSPS) is 10.9. The summed E-state index contributed by atoms with van der Waals surface area (Å²) in [4.78, 5) is 1.37. The Morgan fingerprint density at radius 3 is 2.53 bits per heavy atom. The summed E-state index contributed by atoms with van der Waals surface area (Å²) < 4.78 is 5.67. The van der Waals surface area contributed by atoms with Crippen molar-refractivity contribution in [2.45, 2.75) is 26.9 Å². The summed E-state index contributed by atoms with van der Waals surface area (Å²) in [5, 5.41) is 5.55. The summed E-state index contributed by atoms with van der Waals surface area (Å²) in [6.07, 6.45) is 0. The van der Waals surface area contributed by atoms with Crippen LogP contribution in [0.4, 0.5) is 0 Å². The summed E-state index contributed by atoms with van der Waals surface area (Å²) in [7, 11) is 0. The summed E-state index contributed by atoms with van der Waals surface area (Å²) in [5.41, 5.74) is 1.29. The summed E-state index contributed by atoms with van der Waals surface area (Å²) in [6, 6.07) is 12.6. The van der Waals surface area contributed by atoms with Crippen LogP contribution < -0.4 is 10.1 Å². The van der Waals surface area contributed by atoms with Crippen molar-refractivity contribution in [3.05, 3.63) is 52.2 Å². The highest BCUT2D eigenvalue weighted by Gasteiger charge is 1.98. The fraction of sp³-hybridized carbons (Fsp3) is 0.375. The van der Waals surface area contributed by atoms with E-state index in [4.69, 9.17) is 4.74 Å². The van der Waals surface area contributed by atoms with Crippen LogP contribution in [0.5, 0.6) is 5.75 Å². The van der Waals surface area contributed by atoms with Crippen LogP contribution >= 0.6 is 11.3 Å². The van der Waals surface area contributed by atoms with Crippen LogP contribution in [-0.4, -0.2) is 6.61 Å². The van der Waals surface area contributed by atoms with Gasteiger partial charge in [0.2, 0.25) is 0 Å². The van der Waals surface area contributed by atoms with Crippen molar-refractivity contribution in [2.75, 3.05) is 6.61 Å². The van der Waals surface area contributed by atoms with Gasteiger partial charge in [0.15, 0.2) is 0 Å². The largest absolute Gasteiger partial charge is 0.493 e. The quantitative estimate of drug-likeness (QED) is 0.822. The third-order valence-corrected chi connectivity index (χ3v) is 3.59. The molecule has 0 saturated heterocycles. The van der Waals surface area contributed by atoms with E-state index in [2.05, 4.69) is 48.8 Å². The number of ether oxygens (including phenoxy) is 1. The number of hydrogen-bond acceptors (Lipinski definition) is 3. The molecule has 102 valence electrons. The van der Waals surface area contributed by atoms with E-state index < -0.39 is 0 Å². The van der Waals surface area contributed by atoms with Crippen LogP contribution in [0.25, 0.3) is 0 Å². The molecule has 0 saturated carbocycles. The Morgan fingerprint density at radius 1 is 1.11 bits per heavy atom. The molecule has 1 N–H and O–H groups in total. The van der Waals surface area contributed by atoms with Gasteiger partial charge in [-0.25, -0.2) is 0 Å². The zero-order valence-corrected chi connectivity index (χ0v) is 12.4. The molecule has 1 aromatic carbocycles. The van der Waals surface area contributed by atoms with E-state index in [1.54, 1.807) is 11.3 Å². The molecule has 1 aromatic heterocycles. The second-order valence-electron chi connectivity index (χ2n) is 5.03. The Bertz CT molecular complexity index is 462. The highest BCUT2D eigenvalue weighted by molar-refractivity contribution is 7.09. The van der Waals surface area contributed by atoms with Crippen molar-refractivity contribution in [1.29, 1.82) is 0 Å². The Hall–Kier alpha value is -1.32. The lowest BCUT2D eigenvalue weighted by molar-refractivity contribution is 0.271. The molecule has 2 aromatic rings. The third kappa shape index (κ3) is 5.05. The van der Waals surface area contributed by atoms with Gasteiger partial charge in [0.25, 0.3) is 0 Å². The van der Waals surface area contributed by atoms with Gasteiger partial charge in [0.1, 0.15) is 5.75 Å². The van der Waals surface area contributed by atoms with Crippen molar-refractivity contribution in [3.8, 4) is 5.75 Å². The Morgan fingerprint density at radius 2 is 1.89 bits per heavy atom. The summed E-state index contributed by atoms with van der Waals surface area (Å²) >= 11 is 1.79. The van der Waals surface area contributed by atoms with Crippen molar-refractivity contribution in [2.24, 2.45) is 5.92 Å². The highest BCUT2D eigenvalue weighted by Crippen LogP contribution is 2.13. The molecule has 1 heterocycles. The maximum Gasteiger partial charge on any atom is 0.119 e. The van der Waals surface area contributed by atoms with Gasteiger partial charge >= 0.3 is 0 Å². The van der Waals surface area contributed by atoms with Crippen LogP contribution in [0.3, 0.4) is 0 Å². The number of benzene rings is 1. The molecule has 0 radical (unpaired) electrons. The molecule has 0 bridgehead atoms. The fourth-order valence-electron chi connectivity index (χ4n) is 1.71. The lowest BCUT2D eigenvalue weighted by atomic mass is 10.2. The first-order chi connectivity index (χ1) is 9.24. The Kier molecular flexibility index (Phi) is 5.43. The van der Waals surface area contributed by atoms with Gasteiger partial charge in [-0.15, -0.1) is 11.3 Å². The maximum absolute atomic E-state index is 5.67. The lowest BCUT2D eigenvalue weighted by Crippen LogP contribution is -2.11. The predicted molar refractivity (Wildman–Crippen MR) is 81.6 cm³/mol. The van der Waals surface area contributed by atoms with Gasteiger partial charge in [-0.05, 0) is 35.1 Å². The van der Waals surface area contributed by atoms with Gasteiger partial charge < -0.3 is 10.1 Å². The molecule has 3 heteroatoms. The predicted octanol–water partition coefficient (Wildman–Crippen LogP) is 4.07. The number of rotatable bonds is 7. The lowest BCUT2D eigenvalue weighted by Gasteiger charge is -2.09. The first-order valence-corrected chi connectivity index (χ1v) is 7.57. The molecule has 19 heavy (non-hydrogen) atoms. The molecule has 0 unspecified atom stereocenters. The molecule has 0 fully saturated rings.